The molecule has 1 heterocycles. The zero-order valence-corrected chi connectivity index (χ0v) is 12.6. The van der Waals surface area contributed by atoms with Crippen LogP contribution in [0.25, 0.3) is 0 Å². The highest BCUT2D eigenvalue weighted by atomic mass is 32.2. The van der Waals surface area contributed by atoms with E-state index in [2.05, 4.69) is 5.32 Å². The van der Waals surface area contributed by atoms with Gasteiger partial charge in [-0.05, 0) is 39.5 Å². The van der Waals surface area contributed by atoms with Crippen LogP contribution in [-0.2, 0) is 15.6 Å². The summed E-state index contributed by atoms with van der Waals surface area (Å²) in [5, 5.41) is 3.31. The number of piperidine rings is 1. The first-order chi connectivity index (χ1) is 8.50. The summed E-state index contributed by atoms with van der Waals surface area (Å²) in [6.45, 7) is 5.78. The van der Waals surface area contributed by atoms with Gasteiger partial charge in [-0.2, -0.15) is 0 Å². The summed E-state index contributed by atoms with van der Waals surface area (Å²) in [6.07, 6.45) is 6.06. The Labute approximate surface area is 113 Å². The smallest absolute Gasteiger partial charge is 0.239 e. The molecule has 1 amide bonds. The van der Waals surface area contributed by atoms with Crippen LogP contribution >= 0.6 is 0 Å². The SMILES string of the molecule is CC(CCS(C)=O)NC(C)C(=O)N1CCCCC1. The lowest BCUT2D eigenvalue weighted by molar-refractivity contribution is -0.134. The van der Waals surface area contributed by atoms with Gasteiger partial charge in [-0.1, -0.05) is 0 Å². The molecule has 0 spiro atoms. The van der Waals surface area contributed by atoms with E-state index in [1.54, 1.807) is 6.26 Å². The maximum atomic E-state index is 12.2. The minimum absolute atomic E-state index is 0.136. The van der Waals surface area contributed by atoms with Crippen LogP contribution in [0.15, 0.2) is 0 Å². The van der Waals surface area contributed by atoms with Crippen molar-refractivity contribution in [3.63, 3.8) is 0 Å². The predicted octanol–water partition coefficient (Wildman–Crippen LogP) is 1.13. The van der Waals surface area contributed by atoms with Gasteiger partial charge in [0.25, 0.3) is 0 Å². The average molecular weight is 274 g/mol. The first-order valence-electron chi connectivity index (χ1n) is 6.85. The fraction of sp³-hybridized carbons (Fsp3) is 0.923. The van der Waals surface area contributed by atoms with Gasteiger partial charge in [0, 0.05) is 41.9 Å². The Hall–Kier alpha value is -0.420. The highest BCUT2D eigenvalue weighted by Gasteiger charge is 2.22. The van der Waals surface area contributed by atoms with Gasteiger partial charge in [0.1, 0.15) is 0 Å². The van der Waals surface area contributed by atoms with Crippen molar-refractivity contribution in [3.05, 3.63) is 0 Å². The summed E-state index contributed by atoms with van der Waals surface area (Å²) in [4.78, 5) is 14.1. The van der Waals surface area contributed by atoms with Crippen molar-refractivity contribution in [3.8, 4) is 0 Å². The van der Waals surface area contributed by atoms with E-state index in [0.29, 0.717) is 5.75 Å². The molecule has 0 aromatic heterocycles. The first kappa shape index (κ1) is 15.6. The van der Waals surface area contributed by atoms with Crippen LogP contribution in [0.3, 0.4) is 0 Å². The lowest BCUT2D eigenvalue weighted by Gasteiger charge is -2.30. The summed E-state index contributed by atoms with van der Waals surface area (Å²) >= 11 is 0. The lowest BCUT2D eigenvalue weighted by Crippen LogP contribution is -2.49. The van der Waals surface area contributed by atoms with Gasteiger partial charge in [0.05, 0.1) is 6.04 Å². The van der Waals surface area contributed by atoms with Crippen molar-refractivity contribution in [1.82, 2.24) is 10.2 Å². The van der Waals surface area contributed by atoms with E-state index >= 15 is 0 Å². The fourth-order valence-electron chi connectivity index (χ4n) is 2.31. The maximum Gasteiger partial charge on any atom is 0.239 e. The number of nitrogens with zero attached hydrogens (tertiary/aromatic N) is 1. The summed E-state index contributed by atoms with van der Waals surface area (Å²) in [7, 11) is -0.751. The van der Waals surface area contributed by atoms with Crippen LogP contribution in [0.4, 0.5) is 0 Å². The van der Waals surface area contributed by atoms with Crippen LogP contribution in [-0.4, -0.2) is 52.2 Å². The van der Waals surface area contributed by atoms with E-state index in [4.69, 9.17) is 0 Å². The molecule has 3 atom stereocenters. The van der Waals surface area contributed by atoms with Crippen LogP contribution < -0.4 is 5.32 Å². The first-order valence-corrected chi connectivity index (χ1v) is 8.58. The second-order valence-electron chi connectivity index (χ2n) is 5.24. The minimum atomic E-state index is -0.751. The Bertz CT molecular complexity index is 291. The average Bonchev–Trinajstić information content (AvgIpc) is 2.36. The van der Waals surface area contributed by atoms with Crippen molar-refractivity contribution in [2.75, 3.05) is 25.1 Å². The van der Waals surface area contributed by atoms with Crippen LogP contribution in [0.1, 0.15) is 39.5 Å². The molecule has 0 bridgehead atoms. The second kappa shape index (κ2) is 7.89. The Kier molecular flexibility index (Phi) is 6.86. The molecule has 1 rings (SSSR count). The van der Waals surface area contributed by atoms with Gasteiger partial charge in [-0.15, -0.1) is 0 Å². The minimum Gasteiger partial charge on any atom is -0.341 e. The number of nitrogens with one attached hydrogen (secondary N) is 1. The molecule has 1 fully saturated rings. The number of carbonyl (C=O) groups is 1. The second-order valence-corrected chi connectivity index (χ2v) is 6.80. The monoisotopic (exact) mass is 274 g/mol. The fourth-order valence-corrected chi connectivity index (χ4v) is 3.00. The van der Waals surface area contributed by atoms with Crippen LogP contribution in [0.5, 0.6) is 0 Å². The molecule has 1 saturated heterocycles. The van der Waals surface area contributed by atoms with Crippen LogP contribution in [0, 0.1) is 0 Å². The van der Waals surface area contributed by atoms with E-state index in [-0.39, 0.29) is 18.0 Å². The number of amides is 1. The summed E-state index contributed by atoms with van der Waals surface area (Å²) < 4.78 is 11.0. The van der Waals surface area contributed by atoms with E-state index in [1.165, 1.54) is 6.42 Å². The molecule has 3 unspecified atom stereocenters. The molecule has 4 nitrogen and oxygen atoms in total. The molecule has 18 heavy (non-hydrogen) atoms. The highest BCUT2D eigenvalue weighted by Crippen LogP contribution is 2.10. The molecule has 1 aliphatic heterocycles. The van der Waals surface area contributed by atoms with Gasteiger partial charge in [-0.3, -0.25) is 9.00 Å². The van der Waals surface area contributed by atoms with Crippen molar-refractivity contribution < 1.29 is 9.00 Å². The predicted molar refractivity (Wildman–Crippen MR) is 76.0 cm³/mol. The van der Waals surface area contributed by atoms with Gasteiger partial charge < -0.3 is 10.2 Å². The molecule has 0 aliphatic carbocycles. The Morgan fingerprint density at radius 3 is 2.44 bits per heavy atom. The van der Waals surface area contributed by atoms with Crippen LogP contribution in [0.2, 0.25) is 0 Å². The molecule has 5 heteroatoms. The topological polar surface area (TPSA) is 49.4 Å². The van der Waals surface area contributed by atoms with Gasteiger partial charge in [-0.25, -0.2) is 0 Å². The largest absolute Gasteiger partial charge is 0.341 e. The lowest BCUT2D eigenvalue weighted by atomic mass is 10.1. The number of rotatable bonds is 6. The summed E-state index contributed by atoms with van der Waals surface area (Å²) in [6, 6.07) is 0.0982. The third-order valence-electron chi connectivity index (χ3n) is 3.41. The van der Waals surface area contributed by atoms with Crippen molar-refractivity contribution in [2.24, 2.45) is 0 Å². The molecule has 0 saturated carbocycles. The van der Waals surface area contributed by atoms with E-state index in [0.717, 1.165) is 32.4 Å². The molecule has 106 valence electrons. The zero-order chi connectivity index (χ0) is 13.5. The van der Waals surface area contributed by atoms with Crippen molar-refractivity contribution in [1.29, 1.82) is 0 Å². The quantitative estimate of drug-likeness (QED) is 0.790. The number of hydrogen-bond acceptors (Lipinski definition) is 3. The Morgan fingerprint density at radius 2 is 1.89 bits per heavy atom. The molecular formula is C13H26N2O2S. The van der Waals surface area contributed by atoms with E-state index < -0.39 is 10.8 Å². The third-order valence-corrected chi connectivity index (χ3v) is 4.22. The highest BCUT2D eigenvalue weighted by molar-refractivity contribution is 7.84. The molecular weight excluding hydrogens is 248 g/mol. The molecule has 0 radical (unpaired) electrons. The number of likely N-dealkylation sites (tertiary alicyclic amines) is 1. The van der Waals surface area contributed by atoms with Crippen molar-refractivity contribution >= 4 is 16.7 Å². The Balaban J connectivity index is 2.31. The summed E-state index contributed by atoms with van der Waals surface area (Å²) in [5.74, 6) is 0.901. The van der Waals surface area contributed by atoms with Gasteiger partial charge in [0.2, 0.25) is 5.91 Å². The normalized spacial score (nSPS) is 21.4. The molecule has 1 N–H and O–H groups in total. The molecule has 0 aromatic carbocycles. The standard InChI is InChI=1S/C13H26N2O2S/c1-11(7-10-18(3)17)14-12(2)13(16)15-8-5-4-6-9-15/h11-12,14H,4-10H2,1-3H3. The van der Waals surface area contributed by atoms with Gasteiger partial charge in [0.15, 0.2) is 0 Å². The molecule has 1 aliphatic rings. The maximum absolute atomic E-state index is 12.2. The van der Waals surface area contributed by atoms with Crippen molar-refractivity contribution in [2.45, 2.75) is 51.6 Å². The van der Waals surface area contributed by atoms with E-state index in [9.17, 15) is 9.00 Å². The molecule has 0 aromatic rings. The number of carbonyl (C=O) groups excluding carboxylic acids is 1. The van der Waals surface area contributed by atoms with E-state index in [1.807, 2.05) is 18.7 Å². The Morgan fingerprint density at radius 1 is 1.28 bits per heavy atom. The third kappa shape index (κ3) is 5.48. The number of hydrogen-bond donors (Lipinski definition) is 1. The summed E-state index contributed by atoms with van der Waals surface area (Å²) in [5.41, 5.74) is 0. The zero-order valence-electron chi connectivity index (χ0n) is 11.8. The van der Waals surface area contributed by atoms with Gasteiger partial charge >= 0.3 is 0 Å².